The number of carbonyl (C=O) groups is 2. The highest BCUT2D eigenvalue weighted by atomic mass is 16.2. The van der Waals surface area contributed by atoms with Gasteiger partial charge < -0.3 is 15.6 Å². The first-order chi connectivity index (χ1) is 10.2. The Morgan fingerprint density at radius 1 is 1.14 bits per heavy atom. The zero-order chi connectivity index (χ0) is 15.1. The lowest BCUT2D eigenvalue weighted by Crippen LogP contribution is -2.29. The van der Waals surface area contributed by atoms with Crippen LogP contribution < -0.4 is 10.6 Å². The van der Waals surface area contributed by atoms with Gasteiger partial charge in [-0.1, -0.05) is 37.3 Å². The second-order valence-corrected chi connectivity index (χ2v) is 4.55. The van der Waals surface area contributed by atoms with Crippen LogP contribution in [0.25, 0.3) is 0 Å². The van der Waals surface area contributed by atoms with Crippen molar-refractivity contribution >= 4 is 11.8 Å². The number of nitrogens with zero attached hydrogens (tertiary/aromatic N) is 1. The number of rotatable bonds is 6. The molecule has 0 saturated carbocycles. The van der Waals surface area contributed by atoms with Gasteiger partial charge in [0.2, 0.25) is 0 Å². The summed E-state index contributed by atoms with van der Waals surface area (Å²) in [5, 5.41) is 5.46. The van der Waals surface area contributed by atoms with Gasteiger partial charge in [-0.25, -0.2) is 4.98 Å². The highest BCUT2D eigenvalue weighted by molar-refractivity contribution is 6.04. The largest absolute Gasteiger partial charge is 0.351 e. The first-order valence-corrected chi connectivity index (χ1v) is 6.86. The fourth-order valence-corrected chi connectivity index (χ4v) is 1.83. The second kappa shape index (κ2) is 7.23. The highest BCUT2D eigenvalue weighted by Gasteiger charge is 2.19. The fourth-order valence-electron chi connectivity index (χ4n) is 1.83. The Morgan fingerprint density at radius 2 is 1.90 bits per heavy atom. The van der Waals surface area contributed by atoms with Gasteiger partial charge in [0.05, 0.1) is 6.33 Å². The van der Waals surface area contributed by atoms with E-state index in [2.05, 4.69) is 20.6 Å². The maximum Gasteiger partial charge on any atom is 0.272 e. The van der Waals surface area contributed by atoms with Crippen LogP contribution in [-0.2, 0) is 6.54 Å². The number of imidazole rings is 1. The Morgan fingerprint density at radius 3 is 2.62 bits per heavy atom. The van der Waals surface area contributed by atoms with Crippen molar-refractivity contribution < 1.29 is 9.59 Å². The molecule has 2 amide bonds. The molecule has 21 heavy (non-hydrogen) atoms. The topological polar surface area (TPSA) is 86.9 Å². The van der Waals surface area contributed by atoms with Crippen LogP contribution in [0.15, 0.2) is 36.7 Å². The molecule has 0 spiro atoms. The normalized spacial score (nSPS) is 10.1. The molecule has 1 heterocycles. The monoisotopic (exact) mass is 286 g/mol. The average Bonchev–Trinajstić information content (AvgIpc) is 3.01. The number of aromatic amines is 1. The Kier molecular flexibility index (Phi) is 5.09. The molecule has 0 atom stereocenters. The molecule has 0 radical (unpaired) electrons. The van der Waals surface area contributed by atoms with Crippen LogP contribution in [0.5, 0.6) is 0 Å². The number of nitrogens with one attached hydrogen (secondary N) is 3. The number of hydrogen-bond donors (Lipinski definition) is 3. The van der Waals surface area contributed by atoms with Crippen molar-refractivity contribution in [1.29, 1.82) is 0 Å². The predicted octanol–water partition coefficient (Wildman–Crippen LogP) is 1.48. The van der Waals surface area contributed by atoms with E-state index in [4.69, 9.17) is 0 Å². The second-order valence-electron chi connectivity index (χ2n) is 4.55. The van der Waals surface area contributed by atoms with Crippen LogP contribution in [0.2, 0.25) is 0 Å². The number of amides is 2. The van der Waals surface area contributed by atoms with E-state index < -0.39 is 0 Å². The lowest BCUT2D eigenvalue weighted by molar-refractivity contribution is 0.0912. The molecule has 0 aliphatic heterocycles. The summed E-state index contributed by atoms with van der Waals surface area (Å²) < 4.78 is 0. The maximum atomic E-state index is 12.1. The summed E-state index contributed by atoms with van der Waals surface area (Å²) in [6.07, 6.45) is 2.17. The summed E-state index contributed by atoms with van der Waals surface area (Å²) >= 11 is 0. The molecule has 6 heteroatoms. The van der Waals surface area contributed by atoms with Crippen molar-refractivity contribution in [2.24, 2.45) is 0 Å². The minimum Gasteiger partial charge on any atom is -0.351 e. The van der Waals surface area contributed by atoms with Crippen LogP contribution in [0, 0.1) is 0 Å². The van der Waals surface area contributed by atoms with Crippen LogP contribution in [-0.4, -0.2) is 28.3 Å². The number of carbonyl (C=O) groups excluding carboxylic acids is 2. The van der Waals surface area contributed by atoms with Crippen LogP contribution in [0.1, 0.15) is 39.9 Å². The van der Waals surface area contributed by atoms with Crippen molar-refractivity contribution in [2.75, 3.05) is 6.54 Å². The smallest absolute Gasteiger partial charge is 0.272 e. The molecule has 0 bridgehead atoms. The number of aromatic nitrogens is 2. The van der Waals surface area contributed by atoms with E-state index in [1.165, 1.54) is 6.33 Å². The molecule has 0 aliphatic rings. The van der Waals surface area contributed by atoms with Crippen LogP contribution >= 0.6 is 0 Å². The molecular weight excluding hydrogens is 268 g/mol. The Labute approximate surface area is 123 Å². The molecule has 3 N–H and O–H groups in total. The van der Waals surface area contributed by atoms with Gasteiger partial charge in [0.25, 0.3) is 11.8 Å². The van der Waals surface area contributed by atoms with Crippen molar-refractivity contribution in [3.8, 4) is 0 Å². The minimum atomic E-state index is -0.349. The van der Waals surface area contributed by atoms with E-state index in [0.717, 1.165) is 12.0 Å². The Balaban J connectivity index is 2.00. The molecule has 0 aliphatic carbocycles. The summed E-state index contributed by atoms with van der Waals surface area (Å²) in [6.45, 7) is 2.91. The third kappa shape index (κ3) is 3.92. The standard InChI is InChI=1S/C15H18N4O2/c1-2-8-16-14(20)12-13(19-10-18-12)15(21)17-9-11-6-4-3-5-7-11/h3-7,10H,2,8-9H2,1H3,(H,16,20)(H,17,21)(H,18,19). The van der Waals surface area contributed by atoms with E-state index in [9.17, 15) is 9.59 Å². The van der Waals surface area contributed by atoms with E-state index in [1.54, 1.807) is 0 Å². The van der Waals surface area contributed by atoms with Crippen molar-refractivity contribution in [1.82, 2.24) is 20.6 Å². The van der Waals surface area contributed by atoms with Gasteiger partial charge in [-0.15, -0.1) is 0 Å². The molecule has 2 rings (SSSR count). The molecule has 0 fully saturated rings. The van der Waals surface area contributed by atoms with E-state index >= 15 is 0 Å². The summed E-state index contributed by atoms with van der Waals surface area (Å²) in [5.41, 5.74) is 1.29. The molecule has 0 saturated heterocycles. The third-order valence-electron chi connectivity index (χ3n) is 2.91. The van der Waals surface area contributed by atoms with Gasteiger partial charge in [0, 0.05) is 13.1 Å². The SMILES string of the molecule is CCCNC(=O)c1nc[nH]c1C(=O)NCc1ccccc1. The van der Waals surface area contributed by atoms with Crippen molar-refractivity contribution in [3.05, 3.63) is 53.6 Å². The molecule has 1 aromatic heterocycles. The van der Waals surface area contributed by atoms with Gasteiger partial charge in [-0.3, -0.25) is 9.59 Å². The summed E-state index contributed by atoms with van der Waals surface area (Å²) in [6, 6.07) is 9.56. The van der Waals surface area contributed by atoms with Gasteiger partial charge in [-0.2, -0.15) is 0 Å². The summed E-state index contributed by atoms with van der Waals surface area (Å²) in [4.78, 5) is 30.6. The van der Waals surface area contributed by atoms with Gasteiger partial charge >= 0.3 is 0 Å². The predicted molar refractivity (Wildman–Crippen MR) is 78.8 cm³/mol. The van der Waals surface area contributed by atoms with Gasteiger partial charge in [0.15, 0.2) is 5.69 Å². The Bertz CT molecular complexity index is 607. The van der Waals surface area contributed by atoms with E-state index in [-0.39, 0.29) is 23.2 Å². The Hall–Kier alpha value is -2.63. The number of benzene rings is 1. The molecule has 1 aromatic carbocycles. The quantitative estimate of drug-likeness (QED) is 0.751. The minimum absolute atomic E-state index is 0.119. The first kappa shape index (κ1) is 14.8. The molecule has 6 nitrogen and oxygen atoms in total. The first-order valence-electron chi connectivity index (χ1n) is 6.86. The lowest BCUT2D eigenvalue weighted by Gasteiger charge is -2.06. The zero-order valence-corrected chi connectivity index (χ0v) is 11.8. The molecule has 0 unspecified atom stereocenters. The lowest BCUT2D eigenvalue weighted by atomic mass is 10.2. The van der Waals surface area contributed by atoms with E-state index in [0.29, 0.717) is 13.1 Å². The number of hydrogen-bond acceptors (Lipinski definition) is 3. The third-order valence-corrected chi connectivity index (χ3v) is 2.91. The van der Waals surface area contributed by atoms with Crippen LogP contribution in [0.3, 0.4) is 0 Å². The van der Waals surface area contributed by atoms with Gasteiger partial charge in [0.1, 0.15) is 5.69 Å². The number of H-pyrrole nitrogens is 1. The molecule has 110 valence electrons. The average molecular weight is 286 g/mol. The molecule has 2 aromatic rings. The van der Waals surface area contributed by atoms with Crippen molar-refractivity contribution in [3.63, 3.8) is 0 Å². The van der Waals surface area contributed by atoms with E-state index in [1.807, 2.05) is 37.3 Å². The summed E-state index contributed by atoms with van der Waals surface area (Å²) in [5.74, 6) is -0.694. The molecular formula is C15H18N4O2. The fraction of sp³-hybridized carbons (Fsp3) is 0.267. The summed E-state index contributed by atoms with van der Waals surface area (Å²) in [7, 11) is 0. The van der Waals surface area contributed by atoms with Crippen molar-refractivity contribution in [2.45, 2.75) is 19.9 Å². The highest BCUT2D eigenvalue weighted by Crippen LogP contribution is 2.04. The maximum absolute atomic E-state index is 12.1. The van der Waals surface area contributed by atoms with Crippen LogP contribution in [0.4, 0.5) is 0 Å². The zero-order valence-electron chi connectivity index (χ0n) is 11.8. The van der Waals surface area contributed by atoms with Gasteiger partial charge in [-0.05, 0) is 12.0 Å².